The van der Waals surface area contributed by atoms with E-state index in [1.165, 1.54) is 45.3 Å². The third-order valence-electron chi connectivity index (χ3n) is 5.45. The highest BCUT2D eigenvalue weighted by Crippen LogP contribution is 2.17. The van der Waals surface area contributed by atoms with Crippen LogP contribution in [0.2, 0.25) is 0 Å². The summed E-state index contributed by atoms with van der Waals surface area (Å²) in [5, 5.41) is 7.11. The summed E-state index contributed by atoms with van der Waals surface area (Å²) in [6, 6.07) is 1.12. The van der Waals surface area contributed by atoms with Crippen molar-refractivity contribution >= 4 is 29.9 Å². The van der Waals surface area contributed by atoms with E-state index in [2.05, 4.69) is 60.0 Å². The van der Waals surface area contributed by atoms with Gasteiger partial charge in [0.25, 0.3) is 0 Å². The second-order valence-corrected chi connectivity index (χ2v) is 7.76. The van der Waals surface area contributed by atoms with Crippen molar-refractivity contribution in [2.75, 3.05) is 46.3 Å². The standard InChI is InChI=1S/C20H43N5.HI/c1-7-24(8-2)13-9-11-18(5)23-20(21-6)22-15-19-12-10-14-25(16-19)17(3)4;/h17-19H,7-16H2,1-6H3,(H2,21,22,23);1H. The molecule has 0 aliphatic carbocycles. The van der Waals surface area contributed by atoms with Gasteiger partial charge in [-0.05, 0) is 78.6 Å². The topological polar surface area (TPSA) is 42.9 Å². The van der Waals surface area contributed by atoms with Crippen LogP contribution in [-0.4, -0.2) is 74.2 Å². The van der Waals surface area contributed by atoms with Crippen LogP contribution in [0.3, 0.4) is 0 Å². The zero-order valence-electron chi connectivity index (χ0n) is 18.1. The normalized spacial score (nSPS) is 20.2. The molecule has 0 bridgehead atoms. The Hall–Kier alpha value is -0.0800. The Morgan fingerprint density at radius 2 is 1.92 bits per heavy atom. The molecule has 0 saturated carbocycles. The van der Waals surface area contributed by atoms with E-state index in [4.69, 9.17) is 0 Å². The molecule has 2 atom stereocenters. The van der Waals surface area contributed by atoms with Crippen LogP contribution in [0.4, 0.5) is 0 Å². The van der Waals surface area contributed by atoms with Crippen molar-refractivity contribution < 1.29 is 0 Å². The van der Waals surface area contributed by atoms with E-state index < -0.39 is 0 Å². The van der Waals surface area contributed by atoms with E-state index in [1.807, 2.05) is 7.05 Å². The Morgan fingerprint density at radius 1 is 1.23 bits per heavy atom. The molecule has 2 unspecified atom stereocenters. The van der Waals surface area contributed by atoms with Gasteiger partial charge in [0.15, 0.2) is 5.96 Å². The van der Waals surface area contributed by atoms with Crippen LogP contribution in [0.25, 0.3) is 0 Å². The second kappa shape index (κ2) is 14.9. The monoisotopic (exact) mass is 481 g/mol. The quantitative estimate of drug-likeness (QED) is 0.285. The summed E-state index contributed by atoms with van der Waals surface area (Å²) in [5.41, 5.74) is 0. The van der Waals surface area contributed by atoms with Crippen LogP contribution in [-0.2, 0) is 0 Å². The summed E-state index contributed by atoms with van der Waals surface area (Å²) in [6.45, 7) is 18.3. The predicted octanol–water partition coefficient (Wildman–Crippen LogP) is 3.40. The fourth-order valence-corrected chi connectivity index (χ4v) is 3.64. The average Bonchev–Trinajstić information content (AvgIpc) is 2.62. The number of rotatable bonds is 10. The Labute approximate surface area is 179 Å². The van der Waals surface area contributed by atoms with Crippen molar-refractivity contribution in [2.24, 2.45) is 10.9 Å². The molecule has 2 N–H and O–H groups in total. The van der Waals surface area contributed by atoms with E-state index >= 15 is 0 Å². The van der Waals surface area contributed by atoms with Crippen molar-refractivity contribution in [3.63, 3.8) is 0 Å². The third-order valence-corrected chi connectivity index (χ3v) is 5.45. The number of likely N-dealkylation sites (tertiary alicyclic amines) is 1. The number of nitrogens with one attached hydrogen (secondary N) is 2. The van der Waals surface area contributed by atoms with Crippen LogP contribution >= 0.6 is 24.0 Å². The molecule has 0 aromatic heterocycles. The Bertz CT molecular complexity index is 371. The van der Waals surface area contributed by atoms with Crippen molar-refractivity contribution in [1.29, 1.82) is 0 Å². The van der Waals surface area contributed by atoms with Gasteiger partial charge in [-0.3, -0.25) is 4.99 Å². The molecule has 5 nitrogen and oxygen atoms in total. The first-order valence-electron chi connectivity index (χ1n) is 10.4. The summed E-state index contributed by atoms with van der Waals surface area (Å²) < 4.78 is 0. The van der Waals surface area contributed by atoms with Gasteiger partial charge in [-0.15, -0.1) is 24.0 Å². The number of nitrogens with zero attached hydrogens (tertiary/aromatic N) is 3. The van der Waals surface area contributed by atoms with Crippen molar-refractivity contribution in [3.8, 4) is 0 Å². The lowest BCUT2D eigenvalue weighted by Crippen LogP contribution is -2.47. The zero-order chi connectivity index (χ0) is 18.7. The number of guanidine groups is 1. The third kappa shape index (κ3) is 10.3. The minimum Gasteiger partial charge on any atom is -0.356 e. The molecule has 1 aliphatic rings. The van der Waals surface area contributed by atoms with Crippen molar-refractivity contribution in [3.05, 3.63) is 0 Å². The lowest BCUT2D eigenvalue weighted by Gasteiger charge is -2.35. The first-order chi connectivity index (χ1) is 12.0. The maximum Gasteiger partial charge on any atom is 0.191 e. The zero-order valence-corrected chi connectivity index (χ0v) is 20.4. The van der Waals surface area contributed by atoms with Gasteiger partial charge in [-0.25, -0.2) is 0 Å². The SMILES string of the molecule is CCN(CC)CCCC(C)NC(=NC)NCC1CCCN(C(C)C)C1.I. The smallest absolute Gasteiger partial charge is 0.191 e. The Kier molecular flexibility index (Phi) is 14.9. The Morgan fingerprint density at radius 3 is 2.50 bits per heavy atom. The minimum absolute atomic E-state index is 0. The van der Waals surface area contributed by atoms with E-state index in [9.17, 15) is 0 Å². The lowest BCUT2D eigenvalue weighted by atomic mass is 9.97. The van der Waals surface area contributed by atoms with E-state index in [-0.39, 0.29) is 24.0 Å². The highest BCUT2D eigenvalue weighted by atomic mass is 127. The highest BCUT2D eigenvalue weighted by Gasteiger charge is 2.21. The number of hydrogen-bond acceptors (Lipinski definition) is 3. The number of aliphatic imine (C=N–C) groups is 1. The summed E-state index contributed by atoms with van der Waals surface area (Å²) in [4.78, 5) is 9.50. The molecule has 1 rings (SSSR count). The molecule has 0 amide bonds. The van der Waals surface area contributed by atoms with Gasteiger partial charge in [0.1, 0.15) is 0 Å². The number of piperidine rings is 1. The summed E-state index contributed by atoms with van der Waals surface area (Å²) in [5.74, 6) is 1.68. The van der Waals surface area contributed by atoms with Crippen LogP contribution in [0.5, 0.6) is 0 Å². The molecule has 1 aliphatic heterocycles. The van der Waals surface area contributed by atoms with Crippen molar-refractivity contribution in [1.82, 2.24) is 20.4 Å². The summed E-state index contributed by atoms with van der Waals surface area (Å²) in [7, 11) is 1.87. The molecule has 1 saturated heterocycles. The average molecular weight is 482 g/mol. The highest BCUT2D eigenvalue weighted by molar-refractivity contribution is 14.0. The lowest BCUT2D eigenvalue weighted by molar-refractivity contribution is 0.141. The molecule has 0 aromatic carbocycles. The fourth-order valence-electron chi connectivity index (χ4n) is 3.64. The van der Waals surface area contributed by atoms with Gasteiger partial charge in [0.2, 0.25) is 0 Å². The molecule has 6 heteroatoms. The van der Waals surface area contributed by atoms with Gasteiger partial charge >= 0.3 is 0 Å². The molecule has 0 aromatic rings. The Balaban J connectivity index is 0.00000625. The van der Waals surface area contributed by atoms with Gasteiger partial charge in [-0.1, -0.05) is 13.8 Å². The maximum absolute atomic E-state index is 4.41. The van der Waals surface area contributed by atoms with Gasteiger partial charge in [-0.2, -0.15) is 0 Å². The molecule has 156 valence electrons. The molecular weight excluding hydrogens is 437 g/mol. The largest absolute Gasteiger partial charge is 0.356 e. The predicted molar refractivity (Wildman–Crippen MR) is 126 cm³/mol. The minimum atomic E-state index is 0. The maximum atomic E-state index is 4.41. The van der Waals surface area contributed by atoms with Crippen molar-refractivity contribution in [2.45, 2.75) is 72.4 Å². The molecule has 1 heterocycles. The molecular formula is C20H44IN5. The first kappa shape index (κ1) is 25.9. The molecule has 26 heavy (non-hydrogen) atoms. The van der Waals surface area contributed by atoms with Crippen LogP contribution in [0, 0.1) is 5.92 Å². The fraction of sp³-hybridized carbons (Fsp3) is 0.950. The van der Waals surface area contributed by atoms with Crippen LogP contribution < -0.4 is 10.6 Å². The number of hydrogen-bond donors (Lipinski definition) is 2. The first-order valence-corrected chi connectivity index (χ1v) is 10.4. The van der Waals surface area contributed by atoms with Crippen LogP contribution in [0.15, 0.2) is 4.99 Å². The van der Waals surface area contributed by atoms with E-state index in [0.717, 1.165) is 31.5 Å². The summed E-state index contributed by atoms with van der Waals surface area (Å²) in [6.07, 6.45) is 5.06. The molecule has 0 spiro atoms. The van der Waals surface area contributed by atoms with Crippen LogP contribution in [0.1, 0.15) is 60.3 Å². The van der Waals surface area contributed by atoms with E-state index in [1.54, 1.807) is 0 Å². The molecule has 1 fully saturated rings. The van der Waals surface area contributed by atoms with Gasteiger partial charge in [0.05, 0.1) is 0 Å². The molecule has 0 radical (unpaired) electrons. The number of halogens is 1. The van der Waals surface area contributed by atoms with E-state index in [0.29, 0.717) is 12.1 Å². The second-order valence-electron chi connectivity index (χ2n) is 7.76. The van der Waals surface area contributed by atoms with Gasteiger partial charge < -0.3 is 20.4 Å². The summed E-state index contributed by atoms with van der Waals surface area (Å²) >= 11 is 0. The van der Waals surface area contributed by atoms with Gasteiger partial charge in [0, 0.05) is 32.2 Å².